The van der Waals surface area contributed by atoms with Gasteiger partial charge in [-0.15, -0.1) is 0 Å². The molecule has 0 radical (unpaired) electrons. The van der Waals surface area contributed by atoms with Crippen LogP contribution in [0.15, 0.2) is 55.0 Å². The monoisotopic (exact) mass is 729 g/mol. The second-order valence-corrected chi connectivity index (χ2v) is 14.7. The average Bonchev–Trinajstić information content (AvgIpc) is 3.69. The zero-order valence-corrected chi connectivity index (χ0v) is 30.0. The Hall–Kier alpha value is -5.34. The number of fused-ring (bicyclic) bond motifs is 3. The Balaban J connectivity index is 1.23. The minimum absolute atomic E-state index is 0.0299. The van der Waals surface area contributed by atoms with E-state index in [9.17, 15) is 33.9 Å². The molecule has 2 aromatic rings. The smallest absolute Gasteiger partial charge is 0.410 e. The molecule has 1 unspecified atom stereocenters. The molecule has 4 N–H and O–H groups in total. The highest BCUT2D eigenvalue weighted by Gasteiger charge is 2.61. The summed E-state index contributed by atoms with van der Waals surface area (Å²) < 4.78 is 5.93. The number of nitrogens with zero attached hydrogens (tertiary/aromatic N) is 4. The summed E-state index contributed by atoms with van der Waals surface area (Å²) in [7, 11) is 0. The van der Waals surface area contributed by atoms with Crippen LogP contribution in [0.2, 0.25) is 0 Å². The fourth-order valence-corrected chi connectivity index (χ4v) is 7.44. The largest absolute Gasteiger partial charge is 0.479 e. The third-order valence-corrected chi connectivity index (χ3v) is 10.6. The maximum atomic E-state index is 14.5. The minimum Gasteiger partial charge on any atom is -0.479 e. The Labute approximate surface area is 307 Å². The van der Waals surface area contributed by atoms with E-state index in [1.54, 1.807) is 18.7 Å². The molecule has 53 heavy (non-hydrogen) atoms. The van der Waals surface area contributed by atoms with Crippen molar-refractivity contribution in [3.63, 3.8) is 0 Å². The summed E-state index contributed by atoms with van der Waals surface area (Å²) in [5.74, 6) is -4.34. The summed E-state index contributed by atoms with van der Waals surface area (Å²) in [6.07, 6.45) is 10.3. The van der Waals surface area contributed by atoms with Crippen molar-refractivity contribution in [1.29, 1.82) is 0 Å². The molecular weight excluding hydrogens is 682 g/mol. The van der Waals surface area contributed by atoms with Crippen LogP contribution in [-0.2, 0) is 36.9 Å². The molecule has 0 spiro atoms. The maximum Gasteiger partial charge on any atom is 0.410 e. The molecule has 0 bridgehead atoms. The zero-order chi connectivity index (χ0) is 37.7. The van der Waals surface area contributed by atoms with Crippen molar-refractivity contribution < 1.29 is 38.6 Å². The summed E-state index contributed by atoms with van der Waals surface area (Å²) in [6.45, 7) is 4.21. The van der Waals surface area contributed by atoms with Crippen LogP contribution in [0.3, 0.4) is 0 Å². The predicted molar refractivity (Wildman–Crippen MR) is 190 cm³/mol. The Kier molecular flexibility index (Phi) is 11.4. The highest BCUT2D eigenvalue weighted by Crippen LogP contribution is 2.45. The summed E-state index contributed by atoms with van der Waals surface area (Å²) in [5, 5.41) is 18.4. The molecule has 15 nitrogen and oxygen atoms in total. The number of carboxylic acids is 1. The van der Waals surface area contributed by atoms with Gasteiger partial charge in [0.25, 0.3) is 5.91 Å². The SMILES string of the molecule is CC(C)C(NC(=O)c1cnccn1)C(=O)N[C@H]1CCCCCC=C[C@@H]2C[C@@]2(C(=O)O)NC(=O)[C@@H]2C[C@@H](OC(=O)N3CCc4ccccc4C3)CN2C1=O. The van der Waals surface area contributed by atoms with Crippen LogP contribution in [0, 0.1) is 11.8 Å². The van der Waals surface area contributed by atoms with E-state index < -0.39 is 71.4 Å². The first-order valence-corrected chi connectivity index (χ1v) is 18.4. The van der Waals surface area contributed by atoms with Crippen molar-refractivity contribution in [2.24, 2.45) is 11.8 Å². The fraction of sp³-hybridized carbons (Fsp3) is 0.526. The van der Waals surface area contributed by atoms with Crippen molar-refractivity contribution in [2.75, 3.05) is 13.1 Å². The van der Waals surface area contributed by atoms with Crippen LogP contribution in [0.4, 0.5) is 4.79 Å². The molecule has 4 heterocycles. The van der Waals surface area contributed by atoms with Crippen LogP contribution in [0.5, 0.6) is 0 Å². The van der Waals surface area contributed by atoms with Gasteiger partial charge in [-0.2, -0.15) is 0 Å². The molecular formula is C38H47N7O8. The first-order valence-electron chi connectivity index (χ1n) is 18.4. The highest BCUT2D eigenvalue weighted by atomic mass is 16.6. The van der Waals surface area contributed by atoms with Gasteiger partial charge in [-0.05, 0) is 49.1 Å². The van der Waals surface area contributed by atoms with Crippen molar-refractivity contribution >= 4 is 35.7 Å². The van der Waals surface area contributed by atoms with Gasteiger partial charge in [0.1, 0.15) is 35.5 Å². The lowest BCUT2D eigenvalue weighted by Crippen LogP contribution is -2.58. The second kappa shape index (κ2) is 16.1. The normalized spacial score (nSPS) is 26.5. The van der Waals surface area contributed by atoms with Gasteiger partial charge in [0, 0.05) is 37.8 Å². The lowest BCUT2D eigenvalue weighted by Gasteiger charge is -2.31. The van der Waals surface area contributed by atoms with Gasteiger partial charge in [0.15, 0.2) is 0 Å². The molecule has 5 amide bonds. The number of hydrogen-bond acceptors (Lipinski definition) is 9. The molecule has 15 heteroatoms. The van der Waals surface area contributed by atoms with Gasteiger partial charge in [-0.1, -0.05) is 63.1 Å². The van der Waals surface area contributed by atoms with Gasteiger partial charge < -0.3 is 35.6 Å². The number of nitrogens with one attached hydrogen (secondary N) is 3. The number of carbonyl (C=O) groups is 6. The summed E-state index contributed by atoms with van der Waals surface area (Å²) in [5.41, 5.74) is 0.704. The molecule has 1 saturated carbocycles. The van der Waals surface area contributed by atoms with E-state index in [1.165, 1.54) is 23.5 Å². The van der Waals surface area contributed by atoms with Gasteiger partial charge in [0.05, 0.1) is 12.7 Å². The summed E-state index contributed by atoms with van der Waals surface area (Å²) >= 11 is 0. The number of aliphatic carboxylic acids is 1. The number of carbonyl (C=O) groups excluding carboxylic acids is 5. The van der Waals surface area contributed by atoms with Crippen LogP contribution >= 0.6 is 0 Å². The number of hydrogen-bond donors (Lipinski definition) is 4. The topological polar surface area (TPSA) is 200 Å². The van der Waals surface area contributed by atoms with E-state index >= 15 is 0 Å². The van der Waals surface area contributed by atoms with Crippen molar-refractivity contribution in [1.82, 2.24) is 35.7 Å². The van der Waals surface area contributed by atoms with Crippen LogP contribution in [0.1, 0.15) is 80.4 Å². The van der Waals surface area contributed by atoms with Crippen LogP contribution in [0.25, 0.3) is 0 Å². The molecule has 4 aliphatic rings. The van der Waals surface area contributed by atoms with Crippen molar-refractivity contribution in [3.05, 3.63) is 71.8 Å². The zero-order valence-electron chi connectivity index (χ0n) is 30.0. The Morgan fingerprint density at radius 3 is 2.60 bits per heavy atom. The maximum absolute atomic E-state index is 14.5. The minimum atomic E-state index is -1.50. The van der Waals surface area contributed by atoms with Gasteiger partial charge in [0.2, 0.25) is 17.7 Å². The molecule has 282 valence electrons. The van der Waals surface area contributed by atoms with E-state index in [4.69, 9.17) is 4.74 Å². The lowest BCUT2D eigenvalue weighted by atomic mass is 10.0. The Bertz CT molecular complexity index is 1750. The Morgan fingerprint density at radius 1 is 1.08 bits per heavy atom. The number of aromatic nitrogens is 2. The first-order chi connectivity index (χ1) is 25.5. The number of carboxylic acid groups (broad SMARTS) is 1. The number of allylic oxidation sites excluding steroid dienone is 1. The third kappa shape index (κ3) is 8.50. The van der Waals surface area contributed by atoms with Crippen LogP contribution < -0.4 is 16.0 Å². The average molecular weight is 730 g/mol. The second-order valence-electron chi connectivity index (χ2n) is 14.7. The third-order valence-electron chi connectivity index (χ3n) is 10.6. The van der Waals surface area contributed by atoms with E-state index in [1.807, 2.05) is 36.4 Å². The van der Waals surface area contributed by atoms with Crippen molar-refractivity contribution in [2.45, 2.75) is 102 Å². The predicted octanol–water partition coefficient (Wildman–Crippen LogP) is 2.36. The van der Waals surface area contributed by atoms with E-state index in [-0.39, 0.29) is 37.4 Å². The highest BCUT2D eigenvalue weighted by molar-refractivity contribution is 5.98. The van der Waals surface area contributed by atoms with Gasteiger partial charge in [-0.25, -0.2) is 14.6 Å². The molecule has 3 aliphatic heterocycles. The molecule has 6 rings (SSSR count). The molecule has 6 atom stereocenters. The van der Waals surface area contributed by atoms with Gasteiger partial charge in [-0.3, -0.25) is 24.2 Å². The molecule has 2 fully saturated rings. The number of rotatable bonds is 7. The number of amides is 5. The quantitative estimate of drug-likeness (QED) is 0.307. The number of benzene rings is 1. The molecule has 1 saturated heterocycles. The molecule has 1 aromatic carbocycles. The van der Waals surface area contributed by atoms with Crippen molar-refractivity contribution in [3.8, 4) is 0 Å². The van der Waals surface area contributed by atoms with E-state index in [2.05, 4.69) is 25.9 Å². The van der Waals surface area contributed by atoms with E-state index in [0.29, 0.717) is 32.4 Å². The fourth-order valence-electron chi connectivity index (χ4n) is 7.44. The molecule has 1 aromatic heterocycles. The standard InChI is InChI=1S/C38H47N7O8/c1-23(2)31(42-32(46)29-20-39-15-16-40-29)34(48)41-28-13-7-5-3-4-6-12-26-19-38(26,36(50)51)43-33(47)30-18-27(22-45(30)35(28)49)53-37(52)44-17-14-24-10-8-9-11-25(24)21-44/h6,8-12,15-16,20,23,26-28,30-31H,3-5,7,13-14,17-19,21-22H2,1-2H3,(H,41,48)(H,42,46)(H,43,47)(H,50,51)/t26-,27-,28+,30+,31?,38-/m1/s1. The van der Waals surface area contributed by atoms with Gasteiger partial charge >= 0.3 is 12.1 Å². The Morgan fingerprint density at radius 2 is 1.87 bits per heavy atom. The van der Waals surface area contributed by atoms with E-state index in [0.717, 1.165) is 24.0 Å². The first kappa shape index (κ1) is 37.4. The molecule has 1 aliphatic carbocycles. The summed E-state index contributed by atoms with van der Waals surface area (Å²) in [6, 6.07) is 4.59. The summed E-state index contributed by atoms with van der Waals surface area (Å²) in [4.78, 5) is 92.0. The number of ether oxygens (including phenoxy) is 1. The lowest BCUT2D eigenvalue weighted by molar-refractivity contribution is -0.146. The van der Waals surface area contributed by atoms with Crippen LogP contribution in [-0.4, -0.2) is 103 Å².